The van der Waals surface area contributed by atoms with E-state index in [-0.39, 0.29) is 0 Å². The highest BCUT2D eigenvalue weighted by atomic mass is 32.1. The van der Waals surface area contributed by atoms with Crippen LogP contribution >= 0.6 is 12.2 Å². The van der Waals surface area contributed by atoms with Gasteiger partial charge in [-0.1, -0.05) is 37.3 Å². The number of aryl methyl sites for hydroxylation is 1. The second-order valence-electron chi connectivity index (χ2n) is 7.01. The maximum atomic E-state index is 5.62. The average molecular weight is 368 g/mol. The zero-order valence-corrected chi connectivity index (χ0v) is 16.7. The number of nitrogens with one attached hydrogen (secondary N) is 1. The van der Waals surface area contributed by atoms with E-state index in [1.54, 1.807) is 0 Å². The Morgan fingerprint density at radius 2 is 1.73 bits per heavy atom. The molecule has 3 nitrogen and oxygen atoms in total. The molecule has 1 heterocycles. The van der Waals surface area contributed by atoms with E-state index in [9.17, 15) is 0 Å². The molecule has 0 spiro atoms. The van der Waals surface area contributed by atoms with Gasteiger partial charge in [0.2, 0.25) is 0 Å². The Morgan fingerprint density at radius 1 is 1.04 bits per heavy atom. The Kier molecular flexibility index (Phi) is 6.51. The van der Waals surface area contributed by atoms with Crippen LogP contribution in [0.5, 0.6) is 0 Å². The van der Waals surface area contributed by atoms with Crippen molar-refractivity contribution in [2.75, 3.05) is 30.4 Å². The van der Waals surface area contributed by atoms with Crippen molar-refractivity contribution in [2.24, 2.45) is 0 Å². The summed E-state index contributed by atoms with van der Waals surface area (Å²) in [6.45, 7) is 5.30. The van der Waals surface area contributed by atoms with Gasteiger partial charge in [-0.25, -0.2) is 0 Å². The number of rotatable bonds is 5. The highest BCUT2D eigenvalue weighted by Gasteiger charge is 2.15. The molecule has 0 atom stereocenters. The molecule has 0 bridgehead atoms. The minimum Gasteiger partial charge on any atom is -0.371 e. The predicted molar refractivity (Wildman–Crippen MR) is 116 cm³/mol. The van der Waals surface area contributed by atoms with Crippen molar-refractivity contribution in [2.45, 2.75) is 39.2 Å². The second-order valence-corrected chi connectivity index (χ2v) is 7.40. The number of nitrogens with zero attached hydrogens (tertiary/aromatic N) is 2. The molecule has 0 saturated carbocycles. The van der Waals surface area contributed by atoms with E-state index in [0.717, 1.165) is 36.9 Å². The van der Waals surface area contributed by atoms with Gasteiger partial charge in [-0.15, -0.1) is 0 Å². The Hall–Kier alpha value is -2.07. The molecule has 0 unspecified atom stereocenters. The molecule has 3 rings (SSSR count). The van der Waals surface area contributed by atoms with Gasteiger partial charge in [-0.3, -0.25) is 0 Å². The Balaban J connectivity index is 1.65. The first kappa shape index (κ1) is 18.7. The fourth-order valence-corrected chi connectivity index (χ4v) is 3.64. The lowest BCUT2D eigenvalue weighted by molar-refractivity contribution is 0.505. The van der Waals surface area contributed by atoms with Crippen molar-refractivity contribution < 1.29 is 0 Å². The summed E-state index contributed by atoms with van der Waals surface area (Å²) in [6.07, 6.45) is 4.98. The highest BCUT2D eigenvalue weighted by molar-refractivity contribution is 7.80. The Labute approximate surface area is 163 Å². The summed E-state index contributed by atoms with van der Waals surface area (Å²) < 4.78 is 0. The summed E-state index contributed by atoms with van der Waals surface area (Å²) in [6, 6.07) is 17.2. The van der Waals surface area contributed by atoms with Crippen molar-refractivity contribution >= 4 is 28.7 Å². The molecule has 138 valence electrons. The fraction of sp³-hybridized carbons (Fsp3) is 0.409. The smallest absolute Gasteiger partial charge is 0.173 e. The lowest BCUT2D eigenvalue weighted by Crippen LogP contribution is -2.33. The predicted octanol–water partition coefficient (Wildman–Crippen LogP) is 5.07. The Morgan fingerprint density at radius 3 is 2.42 bits per heavy atom. The average Bonchev–Trinajstić information content (AvgIpc) is 2.69. The van der Waals surface area contributed by atoms with Crippen LogP contribution in [0.2, 0.25) is 0 Å². The maximum absolute atomic E-state index is 5.62. The summed E-state index contributed by atoms with van der Waals surface area (Å²) >= 11 is 5.62. The van der Waals surface area contributed by atoms with E-state index >= 15 is 0 Å². The summed E-state index contributed by atoms with van der Waals surface area (Å²) in [5.74, 6) is 0. The van der Waals surface area contributed by atoms with Crippen LogP contribution in [0.15, 0.2) is 48.5 Å². The van der Waals surface area contributed by atoms with Crippen LogP contribution in [-0.2, 0) is 13.0 Å². The molecule has 1 saturated heterocycles. The van der Waals surface area contributed by atoms with E-state index in [1.165, 1.54) is 36.1 Å². The van der Waals surface area contributed by atoms with E-state index in [4.69, 9.17) is 12.2 Å². The van der Waals surface area contributed by atoms with Gasteiger partial charge in [0.1, 0.15) is 0 Å². The third-order valence-electron chi connectivity index (χ3n) is 5.06. The topological polar surface area (TPSA) is 18.5 Å². The SMILES string of the molecule is CCc1ccc(NC(=S)N(C)Cc2ccccc2N2CCCCC2)cc1. The van der Waals surface area contributed by atoms with Crippen LogP contribution in [0, 0.1) is 0 Å². The monoisotopic (exact) mass is 367 g/mol. The van der Waals surface area contributed by atoms with Crippen LogP contribution < -0.4 is 10.2 Å². The first-order valence-electron chi connectivity index (χ1n) is 9.61. The lowest BCUT2D eigenvalue weighted by Gasteiger charge is -2.32. The normalized spacial score (nSPS) is 14.2. The molecule has 2 aromatic carbocycles. The van der Waals surface area contributed by atoms with Crippen LogP contribution in [-0.4, -0.2) is 30.1 Å². The zero-order chi connectivity index (χ0) is 18.4. The number of thiocarbonyl (C=S) groups is 1. The number of benzene rings is 2. The molecule has 1 N–H and O–H groups in total. The van der Waals surface area contributed by atoms with Crippen molar-refractivity contribution in [1.82, 2.24) is 4.90 Å². The van der Waals surface area contributed by atoms with E-state index < -0.39 is 0 Å². The summed E-state index contributed by atoms with van der Waals surface area (Å²) in [7, 11) is 2.06. The molecular formula is C22H29N3S. The Bertz CT molecular complexity index is 720. The maximum Gasteiger partial charge on any atom is 0.173 e. The molecular weight excluding hydrogens is 338 g/mol. The molecule has 0 aliphatic carbocycles. The molecule has 0 aromatic heterocycles. The van der Waals surface area contributed by atoms with Gasteiger partial charge in [0.05, 0.1) is 0 Å². The number of anilines is 2. The third-order valence-corrected chi connectivity index (χ3v) is 5.47. The van der Waals surface area contributed by atoms with E-state index in [1.807, 2.05) is 0 Å². The summed E-state index contributed by atoms with van der Waals surface area (Å²) in [4.78, 5) is 4.64. The minimum atomic E-state index is 0.752. The lowest BCUT2D eigenvalue weighted by atomic mass is 10.1. The molecule has 1 aliphatic rings. The van der Waals surface area contributed by atoms with Crippen LogP contribution in [0.4, 0.5) is 11.4 Å². The largest absolute Gasteiger partial charge is 0.371 e. The third kappa shape index (κ3) is 4.76. The molecule has 26 heavy (non-hydrogen) atoms. The summed E-state index contributed by atoms with van der Waals surface area (Å²) in [5.41, 5.74) is 5.07. The van der Waals surface area contributed by atoms with Gasteiger partial charge in [0, 0.05) is 38.1 Å². The standard InChI is InChI=1S/C22H29N3S/c1-3-18-11-13-20(14-12-18)23-22(26)24(2)17-19-9-5-6-10-21(19)25-15-7-4-8-16-25/h5-6,9-14H,3-4,7-8,15-17H2,1-2H3,(H,23,26). The van der Waals surface area contributed by atoms with Gasteiger partial charge in [-0.2, -0.15) is 0 Å². The molecule has 1 fully saturated rings. The molecule has 1 aliphatic heterocycles. The fourth-order valence-electron chi connectivity index (χ4n) is 3.46. The molecule has 4 heteroatoms. The molecule has 2 aromatic rings. The van der Waals surface area contributed by atoms with Gasteiger partial charge >= 0.3 is 0 Å². The van der Waals surface area contributed by atoms with Crippen LogP contribution in [0.1, 0.15) is 37.3 Å². The van der Waals surface area contributed by atoms with Crippen molar-refractivity contribution in [3.63, 3.8) is 0 Å². The second kappa shape index (κ2) is 9.04. The molecule has 0 amide bonds. The van der Waals surface area contributed by atoms with Crippen molar-refractivity contribution in [1.29, 1.82) is 0 Å². The van der Waals surface area contributed by atoms with Gasteiger partial charge < -0.3 is 15.1 Å². The zero-order valence-electron chi connectivity index (χ0n) is 15.9. The number of hydrogen-bond acceptors (Lipinski definition) is 2. The van der Waals surface area contributed by atoms with Crippen LogP contribution in [0.25, 0.3) is 0 Å². The van der Waals surface area contributed by atoms with Gasteiger partial charge in [-0.05, 0) is 67.2 Å². The van der Waals surface area contributed by atoms with E-state index in [0.29, 0.717) is 0 Å². The molecule has 0 radical (unpaired) electrons. The van der Waals surface area contributed by atoms with Crippen LogP contribution in [0.3, 0.4) is 0 Å². The van der Waals surface area contributed by atoms with Gasteiger partial charge in [0.25, 0.3) is 0 Å². The number of piperidine rings is 1. The van der Waals surface area contributed by atoms with Crippen molar-refractivity contribution in [3.8, 4) is 0 Å². The first-order valence-corrected chi connectivity index (χ1v) is 10.0. The number of hydrogen-bond donors (Lipinski definition) is 1. The van der Waals surface area contributed by atoms with Crippen molar-refractivity contribution in [3.05, 3.63) is 59.7 Å². The highest BCUT2D eigenvalue weighted by Crippen LogP contribution is 2.25. The first-order chi connectivity index (χ1) is 12.7. The summed E-state index contributed by atoms with van der Waals surface area (Å²) in [5, 5.41) is 4.11. The van der Waals surface area contributed by atoms with Gasteiger partial charge in [0.15, 0.2) is 5.11 Å². The number of para-hydroxylation sites is 1. The minimum absolute atomic E-state index is 0.752. The quantitative estimate of drug-likeness (QED) is 0.744. The van der Waals surface area contributed by atoms with E-state index in [2.05, 4.69) is 77.6 Å².